The van der Waals surface area contributed by atoms with Crippen LogP contribution in [0.4, 0.5) is 18.9 Å². The van der Waals surface area contributed by atoms with Crippen molar-refractivity contribution in [2.45, 2.75) is 25.6 Å². The van der Waals surface area contributed by atoms with Crippen molar-refractivity contribution in [3.05, 3.63) is 28.8 Å². The number of rotatable bonds is 3. The second-order valence-corrected chi connectivity index (χ2v) is 4.10. The normalized spacial score (nSPS) is 13.2. The van der Waals surface area contributed by atoms with Crippen LogP contribution in [-0.4, -0.2) is 11.9 Å². The molecule has 7 heteroatoms. The summed E-state index contributed by atoms with van der Waals surface area (Å²) in [4.78, 5) is 11.5. The van der Waals surface area contributed by atoms with Gasteiger partial charge in [-0.1, -0.05) is 18.5 Å². The van der Waals surface area contributed by atoms with Crippen molar-refractivity contribution < 1.29 is 18.0 Å². The van der Waals surface area contributed by atoms with Crippen LogP contribution >= 0.6 is 11.6 Å². The van der Waals surface area contributed by atoms with Gasteiger partial charge in [-0.05, 0) is 24.6 Å². The lowest BCUT2D eigenvalue weighted by Gasteiger charge is -2.13. The van der Waals surface area contributed by atoms with Gasteiger partial charge in [0.05, 0.1) is 22.3 Å². The van der Waals surface area contributed by atoms with Gasteiger partial charge in [0.2, 0.25) is 5.91 Å². The van der Waals surface area contributed by atoms with E-state index in [9.17, 15) is 18.0 Å². The van der Waals surface area contributed by atoms with Crippen LogP contribution in [0.3, 0.4) is 0 Å². The van der Waals surface area contributed by atoms with Crippen LogP contribution in [0.5, 0.6) is 0 Å². The van der Waals surface area contributed by atoms with Gasteiger partial charge in [0.25, 0.3) is 0 Å². The second-order valence-electron chi connectivity index (χ2n) is 3.70. The van der Waals surface area contributed by atoms with E-state index in [1.807, 2.05) is 0 Å². The van der Waals surface area contributed by atoms with E-state index in [1.54, 1.807) is 6.92 Å². The maximum atomic E-state index is 12.4. The molecule has 100 valence electrons. The summed E-state index contributed by atoms with van der Waals surface area (Å²) in [5, 5.41) is 2.20. The fourth-order valence-corrected chi connectivity index (χ4v) is 1.43. The van der Waals surface area contributed by atoms with Crippen LogP contribution < -0.4 is 11.1 Å². The van der Waals surface area contributed by atoms with E-state index in [-0.39, 0.29) is 10.7 Å². The molecule has 0 saturated carbocycles. The summed E-state index contributed by atoms with van der Waals surface area (Å²) in [7, 11) is 0. The van der Waals surface area contributed by atoms with Crippen molar-refractivity contribution in [2.75, 3.05) is 5.32 Å². The maximum absolute atomic E-state index is 12.4. The smallest absolute Gasteiger partial charge is 0.323 e. The first kappa shape index (κ1) is 14.8. The number of nitrogens with one attached hydrogen (secondary N) is 1. The third-order valence-corrected chi connectivity index (χ3v) is 2.64. The summed E-state index contributed by atoms with van der Waals surface area (Å²) in [5.41, 5.74) is 4.72. The molecule has 0 heterocycles. The molecule has 0 aromatic heterocycles. The summed E-state index contributed by atoms with van der Waals surface area (Å²) in [6, 6.07) is 1.99. The van der Waals surface area contributed by atoms with Crippen LogP contribution in [0, 0.1) is 0 Å². The highest BCUT2D eigenvalue weighted by Gasteiger charge is 2.31. The van der Waals surface area contributed by atoms with E-state index in [2.05, 4.69) is 5.32 Å². The van der Waals surface area contributed by atoms with Gasteiger partial charge < -0.3 is 11.1 Å². The Morgan fingerprint density at radius 3 is 2.56 bits per heavy atom. The highest BCUT2D eigenvalue weighted by Crippen LogP contribution is 2.33. The fraction of sp³-hybridized carbons (Fsp3) is 0.364. The highest BCUT2D eigenvalue weighted by atomic mass is 35.5. The van der Waals surface area contributed by atoms with E-state index in [4.69, 9.17) is 17.3 Å². The molecule has 0 spiro atoms. The molecule has 1 amide bonds. The van der Waals surface area contributed by atoms with Crippen LogP contribution in [0.1, 0.15) is 18.9 Å². The number of hydrogen-bond donors (Lipinski definition) is 2. The Labute approximate surface area is 107 Å². The van der Waals surface area contributed by atoms with Crippen molar-refractivity contribution in [3.8, 4) is 0 Å². The minimum Gasteiger partial charge on any atom is -0.323 e. The topological polar surface area (TPSA) is 55.1 Å². The molecule has 0 fully saturated rings. The molecule has 0 saturated heterocycles. The van der Waals surface area contributed by atoms with Crippen molar-refractivity contribution >= 4 is 23.2 Å². The monoisotopic (exact) mass is 280 g/mol. The number of nitrogens with two attached hydrogens (primary N) is 1. The number of alkyl halides is 3. The number of benzene rings is 1. The molecular weight excluding hydrogens is 269 g/mol. The van der Waals surface area contributed by atoms with Crippen molar-refractivity contribution in [1.29, 1.82) is 0 Å². The molecule has 18 heavy (non-hydrogen) atoms. The lowest BCUT2D eigenvalue weighted by molar-refractivity contribution is -0.137. The number of amides is 1. The predicted molar refractivity (Wildman–Crippen MR) is 63.4 cm³/mol. The third-order valence-electron chi connectivity index (χ3n) is 2.33. The Hall–Kier alpha value is -1.27. The molecule has 0 aliphatic carbocycles. The molecule has 1 rings (SSSR count). The third kappa shape index (κ3) is 3.61. The summed E-state index contributed by atoms with van der Waals surface area (Å²) in [5.74, 6) is -0.487. The minimum atomic E-state index is -4.47. The average Bonchev–Trinajstić information content (AvgIpc) is 2.29. The van der Waals surface area contributed by atoms with E-state index in [0.717, 1.165) is 18.2 Å². The van der Waals surface area contributed by atoms with Gasteiger partial charge in [-0.15, -0.1) is 0 Å². The molecule has 1 atom stereocenters. The maximum Gasteiger partial charge on any atom is 0.416 e. The van der Waals surface area contributed by atoms with E-state index in [0.29, 0.717) is 6.42 Å². The van der Waals surface area contributed by atoms with Gasteiger partial charge in [0.1, 0.15) is 0 Å². The van der Waals surface area contributed by atoms with Gasteiger partial charge >= 0.3 is 6.18 Å². The van der Waals surface area contributed by atoms with Gasteiger partial charge in [-0.2, -0.15) is 13.2 Å². The Balaban J connectivity index is 2.90. The van der Waals surface area contributed by atoms with Crippen LogP contribution in [-0.2, 0) is 11.0 Å². The van der Waals surface area contributed by atoms with E-state index < -0.39 is 23.7 Å². The number of carbonyl (C=O) groups excluding carboxylic acids is 1. The van der Waals surface area contributed by atoms with Crippen molar-refractivity contribution in [3.63, 3.8) is 0 Å². The quantitative estimate of drug-likeness (QED) is 0.894. The van der Waals surface area contributed by atoms with E-state index >= 15 is 0 Å². The molecule has 1 aromatic rings. The molecule has 0 aliphatic rings. The van der Waals surface area contributed by atoms with Gasteiger partial charge in [0, 0.05) is 0 Å². The standard InChI is InChI=1S/C11H12ClF3N2O/c1-2-8(16)10(18)17-9-4-3-6(5-7(9)12)11(13,14)15/h3-5,8H,2,16H2,1H3,(H,17,18)/t8-/m1/s1. The summed E-state index contributed by atoms with van der Waals surface area (Å²) >= 11 is 5.67. The van der Waals surface area contributed by atoms with Crippen LogP contribution in [0.15, 0.2) is 18.2 Å². The largest absolute Gasteiger partial charge is 0.416 e. The number of carbonyl (C=O) groups is 1. The highest BCUT2D eigenvalue weighted by molar-refractivity contribution is 6.33. The Bertz CT molecular complexity index is 448. The number of anilines is 1. The van der Waals surface area contributed by atoms with Crippen molar-refractivity contribution in [1.82, 2.24) is 0 Å². The molecular formula is C11H12ClF3N2O. The molecule has 3 N–H and O–H groups in total. The molecule has 0 bridgehead atoms. The number of halogens is 4. The molecule has 0 aliphatic heterocycles. The first-order chi connectivity index (χ1) is 8.25. The van der Waals surface area contributed by atoms with Crippen LogP contribution in [0.25, 0.3) is 0 Å². The van der Waals surface area contributed by atoms with Crippen molar-refractivity contribution in [2.24, 2.45) is 5.73 Å². The van der Waals surface area contributed by atoms with Crippen LogP contribution in [0.2, 0.25) is 5.02 Å². The zero-order valence-electron chi connectivity index (χ0n) is 9.51. The Kier molecular flexibility index (Phi) is 4.59. The first-order valence-corrected chi connectivity index (χ1v) is 5.56. The summed E-state index contributed by atoms with van der Waals surface area (Å²) in [6.07, 6.45) is -4.05. The Morgan fingerprint density at radius 1 is 1.50 bits per heavy atom. The lowest BCUT2D eigenvalue weighted by Crippen LogP contribution is -2.34. The molecule has 0 unspecified atom stereocenters. The predicted octanol–water partition coefficient (Wildman–Crippen LogP) is 3.03. The second kappa shape index (κ2) is 5.58. The molecule has 3 nitrogen and oxygen atoms in total. The zero-order valence-corrected chi connectivity index (χ0v) is 10.3. The minimum absolute atomic E-state index is 0.110. The molecule has 0 radical (unpaired) electrons. The average molecular weight is 281 g/mol. The first-order valence-electron chi connectivity index (χ1n) is 5.19. The van der Waals surface area contributed by atoms with Gasteiger partial charge in [-0.3, -0.25) is 4.79 Å². The van der Waals surface area contributed by atoms with Gasteiger partial charge in [-0.25, -0.2) is 0 Å². The Morgan fingerprint density at radius 2 is 2.11 bits per heavy atom. The summed E-state index contributed by atoms with van der Waals surface area (Å²) < 4.78 is 37.1. The van der Waals surface area contributed by atoms with E-state index in [1.165, 1.54) is 0 Å². The summed E-state index contributed by atoms with van der Waals surface area (Å²) in [6.45, 7) is 1.72. The zero-order chi connectivity index (χ0) is 13.9. The molecule has 1 aromatic carbocycles. The number of hydrogen-bond acceptors (Lipinski definition) is 2. The SMILES string of the molecule is CC[C@@H](N)C(=O)Nc1ccc(C(F)(F)F)cc1Cl. The fourth-order valence-electron chi connectivity index (χ4n) is 1.20. The lowest BCUT2D eigenvalue weighted by atomic mass is 10.2. The van der Waals surface area contributed by atoms with Gasteiger partial charge in [0.15, 0.2) is 0 Å².